The van der Waals surface area contributed by atoms with Crippen molar-refractivity contribution in [3.05, 3.63) is 24.0 Å². The molecular formula is C16H20FN3O4. The molecule has 2 aliphatic rings. The second kappa shape index (κ2) is 5.94. The fourth-order valence-electron chi connectivity index (χ4n) is 2.96. The van der Waals surface area contributed by atoms with Gasteiger partial charge in [0.05, 0.1) is 30.1 Å². The molecule has 7 nitrogen and oxygen atoms in total. The van der Waals surface area contributed by atoms with Crippen LogP contribution in [-0.4, -0.2) is 55.0 Å². The Morgan fingerprint density at radius 1 is 1.50 bits per heavy atom. The molecule has 2 saturated heterocycles. The van der Waals surface area contributed by atoms with Crippen molar-refractivity contribution in [3.63, 3.8) is 0 Å². The molecule has 2 amide bonds. The third-order valence-electron chi connectivity index (χ3n) is 4.10. The topological polar surface area (TPSA) is 82.1 Å². The lowest BCUT2D eigenvalue weighted by molar-refractivity contribution is -0.119. The number of carbonyl (C=O) groups excluding carboxylic acids is 2. The maximum absolute atomic E-state index is 14.3. The number of carbonyl (C=O) groups is 2. The maximum Gasteiger partial charge on any atom is 0.414 e. The van der Waals surface area contributed by atoms with Crippen molar-refractivity contribution in [2.45, 2.75) is 25.6 Å². The number of cyclic esters (lactones) is 1. The molecule has 0 bridgehead atoms. The summed E-state index contributed by atoms with van der Waals surface area (Å²) in [5, 5.41) is 12.3. The number of hydrogen-bond donors (Lipinski definition) is 2. The molecular weight excluding hydrogens is 317 g/mol. The minimum absolute atomic E-state index is 0.203. The number of rotatable bonds is 4. The smallest absolute Gasteiger partial charge is 0.414 e. The van der Waals surface area contributed by atoms with Crippen molar-refractivity contribution in [1.29, 1.82) is 0 Å². The number of benzene rings is 1. The summed E-state index contributed by atoms with van der Waals surface area (Å²) in [6.45, 7) is 4.29. The minimum Gasteiger partial charge on any atom is -0.442 e. The molecule has 2 heterocycles. The van der Waals surface area contributed by atoms with Crippen molar-refractivity contribution >= 4 is 23.4 Å². The molecule has 130 valence electrons. The predicted octanol–water partition coefficient (Wildman–Crippen LogP) is 0.858. The van der Waals surface area contributed by atoms with Crippen LogP contribution in [0.15, 0.2) is 18.2 Å². The van der Waals surface area contributed by atoms with E-state index in [2.05, 4.69) is 5.32 Å². The monoisotopic (exact) mass is 337 g/mol. The number of nitrogens with one attached hydrogen (secondary N) is 1. The third-order valence-corrected chi connectivity index (χ3v) is 4.10. The van der Waals surface area contributed by atoms with E-state index in [-0.39, 0.29) is 19.0 Å². The Morgan fingerprint density at radius 3 is 2.79 bits per heavy atom. The van der Waals surface area contributed by atoms with Gasteiger partial charge >= 0.3 is 6.09 Å². The zero-order valence-corrected chi connectivity index (χ0v) is 13.6. The Balaban J connectivity index is 1.68. The molecule has 1 aromatic carbocycles. The van der Waals surface area contributed by atoms with E-state index in [0.29, 0.717) is 24.5 Å². The van der Waals surface area contributed by atoms with Gasteiger partial charge in [0.15, 0.2) is 0 Å². The first kappa shape index (κ1) is 16.5. The van der Waals surface area contributed by atoms with Crippen molar-refractivity contribution in [2.24, 2.45) is 0 Å². The highest BCUT2D eigenvalue weighted by Gasteiger charge is 2.38. The Bertz CT molecular complexity index is 671. The van der Waals surface area contributed by atoms with Crippen molar-refractivity contribution in [3.8, 4) is 0 Å². The summed E-state index contributed by atoms with van der Waals surface area (Å²) in [5.41, 5.74) is 0.00681. The molecule has 0 unspecified atom stereocenters. The van der Waals surface area contributed by atoms with E-state index in [1.807, 2.05) is 0 Å². The molecule has 2 aliphatic heterocycles. The molecule has 1 atom stereocenters. The number of halogens is 1. The largest absolute Gasteiger partial charge is 0.442 e. The van der Waals surface area contributed by atoms with Gasteiger partial charge < -0.3 is 20.1 Å². The molecule has 0 aromatic heterocycles. The van der Waals surface area contributed by atoms with Crippen LogP contribution in [0.2, 0.25) is 0 Å². The highest BCUT2D eigenvalue weighted by molar-refractivity contribution is 5.90. The highest BCUT2D eigenvalue weighted by Crippen LogP contribution is 2.32. The maximum atomic E-state index is 14.3. The number of amides is 2. The molecule has 3 rings (SSSR count). The first-order valence-electron chi connectivity index (χ1n) is 7.75. The van der Waals surface area contributed by atoms with E-state index < -0.39 is 23.6 Å². The molecule has 2 N–H and O–H groups in total. The lowest BCUT2D eigenvalue weighted by Gasteiger charge is -2.45. The number of anilines is 2. The van der Waals surface area contributed by atoms with Crippen LogP contribution in [0.1, 0.15) is 13.8 Å². The van der Waals surface area contributed by atoms with Gasteiger partial charge in [0.1, 0.15) is 11.9 Å². The van der Waals surface area contributed by atoms with E-state index in [1.165, 1.54) is 17.9 Å². The number of β-amino-alcohol motifs (C(OH)–C–C–N with tert-alkyl or cyclic N) is 1. The van der Waals surface area contributed by atoms with Crippen LogP contribution < -0.4 is 15.1 Å². The van der Waals surface area contributed by atoms with Gasteiger partial charge in [0.2, 0.25) is 5.91 Å². The van der Waals surface area contributed by atoms with Gasteiger partial charge in [0.25, 0.3) is 0 Å². The summed E-state index contributed by atoms with van der Waals surface area (Å²) in [4.78, 5) is 25.9. The molecule has 2 fully saturated rings. The zero-order valence-electron chi connectivity index (χ0n) is 13.6. The van der Waals surface area contributed by atoms with E-state index >= 15 is 0 Å². The van der Waals surface area contributed by atoms with E-state index in [9.17, 15) is 19.1 Å². The van der Waals surface area contributed by atoms with Gasteiger partial charge in [-0.05, 0) is 25.1 Å². The number of aliphatic hydroxyl groups is 1. The average Bonchev–Trinajstić information content (AvgIpc) is 2.83. The Labute approximate surface area is 139 Å². The first-order chi connectivity index (χ1) is 11.2. The van der Waals surface area contributed by atoms with Crippen LogP contribution in [0.25, 0.3) is 0 Å². The molecule has 0 spiro atoms. The standard InChI is InChI=1S/C16H20FN3O4/c1-10(21)18-6-12-7-20(15(22)24-12)11-3-4-14(13(17)5-11)19-8-16(2,23)9-19/h3-5,12,23H,6-9H2,1-2H3,(H,18,21)/t12-/m0/s1. The van der Waals surface area contributed by atoms with Crippen molar-refractivity contribution < 1.29 is 23.8 Å². The highest BCUT2D eigenvalue weighted by atomic mass is 19.1. The number of nitrogens with zero attached hydrogens (tertiary/aromatic N) is 2. The fourth-order valence-corrected chi connectivity index (χ4v) is 2.96. The van der Waals surface area contributed by atoms with Crippen LogP contribution >= 0.6 is 0 Å². The Kier molecular flexibility index (Phi) is 4.08. The van der Waals surface area contributed by atoms with Gasteiger partial charge in [-0.1, -0.05) is 0 Å². The fraction of sp³-hybridized carbons (Fsp3) is 0.500. The summed E-state index contributed by atoms with van der Waals surface area (Å²) < 4.78 is 19.5. The number of hydrogen-bond acceptors (Lipinski definition) is 5. The molecule has 24 heavy (non-hydrogen) atoms. The van der Waals surface area contributed by atoms with Gasteiger partial charge in [-0.3, -0.25) is 9.69 Å². The van der Waals surface area contributed by atoms with Gasteiger partial charge in [-0.2, -0.15) is 0 Å². The minimum atomic E-state index is -0.791. The zero-order chi connectivity index (χ0) is 17.5. The van der Waals surface area contributed by atoms with Crippen LogP contribution in [-0.2, 0) is 9.53 Å². The molecule has 0 radical (unpaired) electrons. The lowest BCUT2D eigenvalue weighted by Crippen LogP contribution is -2.60. The molecule has 0 saturated carbocycles. The second-order valence-electron chi connectivity index (χ2n) is 6.54. The SMILES string of the molecule is CC(=O)NC[C@H]1CN(c2ccc(N3CC(C)(O)C3)c(F)c2)C(=O)O1. The quantitative estimate of drug-likeness (QED) is 0.851. The number of ether oxygens (including phenoxy) is 1. The molecule has 1 aromatic rings. The Hall–Kier alpha value is -2.35. The Morgan fingerprint density at radius 2 is 2.21 bits per heavy atom. The normalized spacial score (nSPS) is 22.2. The molecule has 0 aliphatic carbocycles. The van der Waals surface area contributed by atoms with E-state index in [0.717, 1.165) is 0 Å². The van der Waals surface area contributed by atoms with Crippen LogP contribution in [0.3, 0.4) is 0 Å². The van der Waals surface area contributed by atoms with Crippen LogP contribution in [0.4, 0.5) is 20.6 Å². The summed E-state index contributed by atoms with van der Waals surface area (Å²) in [6, 6.07) is 4.52. The van der Waals surface area contributed by atoms with E-state index in [1.54, 1.807) is 24.0 Å². The first-order valence-corrected chi connectivity index (χ1v) is 7.75. The van der Waals surface area contributed by atoms with Crippen molar-refractivity contribution in [2.75, 3.05) is 36.0 Å². The van der Waals surface area contributed by atoms with Gasteiger partial charge in [-0.25, -0.2) is 9.18 Å². The third kappa shape index (κ3) is 3.28. The average molecular weight is 337 g/mol. The lowest BCUT2D eigenvalue weighted by atomic mass is 9.96. The summed E-state index contributed by atoms with van der Waals surface area (Å²) in [7, 11) is 0. The van der Waals surface area contributed by atoms with Crippen LogP contribution in [0, 0.1) is 5.82 Å². The molecule has 8 heteroatoms. The second-order valence-corrected chi connectivity index (χ2v) is 6.54. The van der Waals surface area contributed by atoms with Crippen molar-refractivity contribution in [1.82, 2.24) is 5.32 Å². The van der Waals surface area contributed by atoms with Crippen LogP contribution in [0.5, 0.6) is 0 Å². The van der Waals surface area contributed by atoms with Gasteiger partial charge in [-0.15, -0.1) is 0 Å². The van der Waals surface area contributed by atoms with E-state index in [4.69, 9.17) is 4.74 Å². The summed E-state index contributed by atoms with van der Waals surface area (Å²) in [5.74, 6) is -0.661. The summed E-state index contributed by atoms with van der Waals surface area (Å²) in [6.07, 6.45) is -1.03. The predicted molar refractivity (Wildman–Crippen MR) is 85.5 cm³/mol. The van der Waals surface area contributed by atoms with Gasteiger partial charge in [0, 0.05) is 20.0 Å². The summed E-state index contributed by atoms with van der Waals surface area (Å²) >= 11 is 0.